The van der Waals surface area contributed by atoms with E-state index in [4.69, 9.17) is 13.9 Å². The third-order valence-electron chi connectivity index (χ3n) is 9.98. The summed E-state index contributed by atoms with van der Waals surface area (Å²) in [5.41, 5.74) is -5.60. The number of carbonyl (C=O) groups excluding carboxylic acids is 4. The second kappa shape index (κ2) is 8.73. The van der Waals surface area contributed by atoms with E-state index in [9.17, 15) is 24.3 Å². The number of alkyl halides is 1. The number of hydrogen-bond acceptors (Lipinski definition) is 8. The first-order chi connectivity index (χ1) is 17.8. The lowest BCUT2D eigenvalue weighted by Gasteiger charge is -2.62. The van der Waals surface area contributed by atoms with Crippen LogP contribution in [0.1, 0.15) is 63.9 Å². The molecule has 4 aliphatic rings. The Morgan fingerprint density at radius 3 is 2.63 bits per heavy atom. The van der Waals surface area contributed by atoms with E-state index in [1.807, 2.05) is 0 Å². The minimum Gasteiger partial charge on any atom is -0.458 e. The van der Waals surface area contributed by atoms with Crippen LogP contribution in [0.25, 0.3) is 0 Å². The molecule has 3 fully saturated rings. The van der Waals surface area contributed by atoms with E-state index in [-0.39, 0.29) is 18.0 Å². The van der Waals surface area contributed by atoms with Crippen LogP contribution in [0.3, 0.4) is 0 Å². The monoisotopic (exact) mass is 528 g/mol. The van der Waals surface area contributed by atoms with E-state index in [0.29, 0.717) is 24.8 Å². The average molecular weight is 529 g/mol. The van der Waals surface area contributed by atoms with Crippen molar-refractivity contribution < 1.29 is 42.6 Å². The molecule has 4 aliphatic carbocycles. The highest BCUT2D eigenvalue weighted by atomic mass is 19.1. The van der Waals surface area contributed by atoms with Crippen LogP contribution in [0.2, 0.25) is 0 Å². The summed E-state index contributed by atoms with van der Waals surface area (Å²) in [5, 5.41) is 11.6. The molecule has 5 unspecified atom stereocenters. The fraction of sp³-hybridized carbons (Fsp3) is 0.586. The van der Waals surface area contributed by atoms with Gasteiger partial charge in [-0.25, -0.2) is 9.18 Å². The van der Waals surface area contributed by atoms with Gasteiger partial charge in [-0.1, -0.05) is 25.5 Å². The van der Waals surface area contributed by atoms with Crippen molar-refractivity contribution in [1.29, 1.82) is 0 Å². The molecule has 8 atom stereocenters. The molecule has 204 valence electrons. The molecule has 1 heterocycles. The molecule has 0 saturated heterocycles. The molecule has 0 aliphatic heterocycles. The molecule has 5 rings (SSSR count). The van der Waals surface area contributed by atoms with Gasteiger partial charge in [0.2, 0.25) is 11.5 Å². The molecule has 38 heavy (non-hydrogen) atoms. The maximum Gasteiger partial charge on any atom is 0.375 e. The molecule has 0 aromatic carbocycles. The number of halogens is 1. The van der Waals surface area contributed by atoms with Gasteiger partial charge in [0, 0.05) is 29.6 Å². The molecule has 1 aromatic heterocycles. The predicted molar refractivity (Wildman–Crippen MR) is 131 cm³/mol. The summed E-state index contributed by atoms with van der Waals surface area (Å²) in [4.78, 5) is 50.8. The molecular weight excluding hydrogens is 495 g/mol. The lowest BCUT2D eigenvalue weighted by molar-refractivity contribution is -0.220. The highest BCUT2D eigenvalue weighted by Crippen LogP contribution is 2.71. The number of carbonyl (C=O) groups is 4. The van der Waals surface area contributed by atoms with E-state index < -0.39 is 70.3 Å². The quantitative estimate of drug-likeness (QED) is 0.571. The number of aliphatic hydroxyl groups is 1. The first kappa shape index (κ1) is 26.5. The molecule has 9 heteroatoms. The zero-order chi connectivity index (χ0) is 27.7. The molecule has 3 saturated carbocycles. The van der Waals surface area contributed by atoms with Crippen LogP contribution >= 0.6 is 0 Å². The first-order valence-corrected chi connectivity index (χ1v) is 13.1. The summed E-state index contributed by atoms with van der Waals surface area (Å²) in [6.45, 7) is 5.80. The van der Waals surface area contributed by atoms with E-state index in [2.05, 4.69) is 0 Å². The molecule has 0 amide bonds. The van der Waals surface area contributed by atoms with Gasteiger partial charge in [-0.2, -0.15) is 0 Å². The summed E-state index contributed by atoms with van der Waals surface area (Å²) in [6, 6.07) is 2.94. The number of furan rings is 1. The topological polar surface area (TPSA) is 120 Å². The number of ketones is 2. The molecule has 8 nitrogen and oxygen atoms in total. The van der Waals surface area contributed by atoms with E-state index in [1.54, 1.807) is 26.8 Å². The van der Waals surface area contributed by atoms with Crippen LogP contribution < -0.4 is 0 Å². The molecule has 0 radical (unpaired) electrons. The Morgan fingerprint density at radius 2 is 1.97 bits per heavy atom. The number of aliphatic hydroxyl groups excluding tert-OH is 1. The Balaban J connectivity index is 1.61. The van der Waals surface area contributed by atoms with Crippen molar-refractivity contribution in [2.45, 2.75) is 70.8 Å². The maximum atomic E-state index is 17.5. The molecular formula is C29H33FO8. The van der Waals surface area contributed by atoms with Crippen molar-refractivity contribution >= 4 is 23.5 Å². The van der Waals surface area contributed by atoms with Crippen molar-refractivity contribution in [3.63, 3.8) is 0 Å². The normalized spacial score (nSPS) is 41.4. The number of esters is 2. The Hall–Kier alpha value is -3.07. The standard InChI is InChI=1S/C29H33FO8/c1-16-12-21-20-8-7-18-13-19(32)9-10-26(18,3)28(20,30)23(33)14-27(21,4)29(16,24(34)15-37-17(2)31)38-25(35)22-6-5-11-36-22/h5-6,9-11,13,16,20-21,23,33H,7-8,12,14-15H2,1-4H3/t16-,20?,21?,23?,26?,27?,28+,29+/m1/s1. The SMILES string of the molecule is CC(=O)OCC(=O)[C@@]1(OC(=O)c2ccco2)[C@H](C)CC2C3CCC4=CC(=O)C=CC4(C)[C@@]3(F)C(O)CC21C. The summed E-state index contributed by atoms with van der Waals surface area (Å²) < 4.78 is 33.8. The van der Waals surface area contributed by atoms with Gasteiger partial charge < -0.3 is 19.0 Å². The Bertz CT molecular complexity index is 1250. The van der Waals surface area contributed by atoms with E-state index >= 15 is 4.39 Å². The zero-order valence-corrected chi connectivity index (χ0v) is 22.0. The largest absolute Gasteiger partial charge is 0.458 e. The van der Waals surface area contributed by atoms with E-state index in [1.165, 1.54) is 37.5 Å². The third kappa shape index (κ3) is 3.36. The summed E-state index contributed by atoms with van der Waals surface area (Å²) in [7, 11) is 0. The molecule has 1 aromatic rings. The Morgan fingerprint density at radius 1 is 1.24 bits per heavy atom. The highest BCUT2D eigenvalue weighted by molar-refractivity contribution is 6.01. The minimum atomic E-state index is -2.10. The van der Waals surface area contributed by atoms with Crippen molar-refractivity contribution in [1.82, 2.24) is 0 Å². The number of Topliss-reactive ketones (excluding diaryl/α,β-unsaturated/α-hetero) is 1. The van der Waals surface area contributed by atoms with Gasteiger partial charge in [0.15, 0.2) is 23.7 Å². The van der Waals surface area contributed by atoms with Crippen LogP contribution in [-0.2, 0) is 23.9 Å². The summed E-state index contributed by atoms with van der Waals surface area (Å²) in [5.74, 6) is -4.13. The van der Waals surface area contributed by atoms with Crippen LogP contribution in [0.15, 0.2) is 46.6 Å². The van der Waals surface area contributed by atoms with Gasteiger partial charge in [0.05, 0.1) is 12.4 Å². The van der Waals surface area contributed by atoms with Crippen LogP contribution in [-0.4, -0.2) is 52.6 Å². The first-order valence-electron chi connectivity index (χ1n) is 13.1. The fourth-order valence-electron chi connectivity index (χ4n) is 8.26. The van der Waals surface area contributed by atoms with Crippen LogP contribution in [0.4, 0.5) is 4.39 Å². The highest BCUT2D eigenvalue weighted by Gasteiger charge is 2.77. The second-order valence-corrected chi connectivity index (χ2v) is 11.7. The van der Waals surface area contributed by atoms with Gasteiger partial charge >= 0.3 is 11.9 Å². The second-order valence-electron chi connectivity index (χ2n) is 11.7. The number of ether oxygens (including phenoxy) is 2. The average Bonchev–Trinajstić information content (AvgIpc) is 3.46. The molecule has 1 N–H and O–H groups in total. The summed E-state index contributed by atoms with van der Waals surface area (Å²) >= 11 is 0. The lowest BCUT2D eigenvalue weighted by Crippen LogP contribution is -2.70. The van der Waals surface area contributed by atoms with Crippen molar-refractivity contribution in [3.8, 4) is 0 Å². The number of fused-ring (bicyclic) bond motifs is 5. The van der Waals surface area contributed by atoms with Crippen LogP contribution in [0.5, 0.6) is 0 Å². The number of rotatable bonds is 5. The maximum absolute atomic E-state index is 17.5. The predicted octanol–water partition coefficient (Wildman–Crippen LogP) is 3.92. The van der Waals surface area contributed by atoms with Gasteiger partial charge in [-0.05, 0) is 62.8 Å². The van der Waals surface area contributed by atoms with E-state index in [0.717, 1.165) is 0 Å². The molecule has 0 spiro atoms. The smallest absolute Gasteiger partial charge is 0.375 e. The van der Waals surface area contributed by atoms with Gasteiger partial charge in [-0.15, -0.1) is 0 Å². The fourth-order valence-corrected chi connectivity index (χ4v) is 8.26. The van der Waals surface area contributed by atoms with Gasteiger partial charge in [0.25, 0.3) is 0 Å². The Kier molecular flexibility index (Phi) is 6.09. The lowest BCUT2D eigenvalue weighted by atomic mass is 9.44. The number of allylic oxidation sites excluding steroid dienone is 4. The number of hydrogen-bond donors (Lipinski definition) is 1. The Labute approximate surface area is 220 Å². The van der Waals surface area contributed by atoms with Crippen LogP contribution in [0, 0.1) is 28.6 Å². The van der Waals surface area contributed by atoms with Crippen molar-refractivity contribution in [2.75, 3.05) is 6.61 Å². The minimum absolute atomic E-state index is 0.0999. The van der Waals surface area contributed by atoms with Gasteiger partial charge in [0.1, 0.15) is 0 Å². The summed E-state index contributed by atoms with van der Waals surface area (Å²) in [6.07, 6.45) is 5.19. The van der Waals surface area contributed by atoms with Crippen molar-refractivity contribution in [3.05, 3.63) is 48.0 Å². The molecule has 0 bridgehead atoms. The third-order valence-corrected chi connectivity index (χ3v) is 9.98. The van der Waals surface area contributed by atoms with Crippen molar-refractivity contribution in [2.24, 2.45) is 28.6 Å². The van der Waals surface area contributed by atoms with Gasteiger partial charge in [-0.3, -0.25) is 14.4 Å². The zero-order valence-electron chi connectivity index (χ0n) is 22.0.